The number of hydrogen-bond donors (Lipinski definition) is 2. The predicted octanol–water partition coefficient (Wildman–Crippen LogP) is 1.89. The number of aliphatic hydroxyl groups is 1. The Bertz CT molecular complexity index is 903. The molecule has 1 aromatic rings. The monoisotopic (exact) mass is 439 g/mol. The molecular weight excluding hydrogens is 410 g/mol. The number of piperidine rings is 1. The number of β-amino-alcohol motifs (C(OH)–C–C–N with tert-alkyl or cyclic N) is 1. The highest BCUT2D eigenvalue weighted by Gasteiger charge is 2.33. The molecule has 1 saturated carbocycles. The second kappa shape index (κ2) is 8.99. The smallest absolute Gasteiger partial charge is 0.271 e. The number of likely N-dealkylation sites (tertiary alicyclic amines) is 1. The van der Waals surface area contributed by atoms with Gasteiger partial charge in [-0.3, -0.25) is 14.9 Å². The van der Waals surface area contributed by atoms with Gasteiger partial charge in [0, 0.05) is 49.6 Å². The van der Waals surface area contributed by atoms with E-state index in [1.807, 2.05) is 0 Å². The van der Waals surface area contributed by atoms with Gasteiger partial charge in [0.15, 0.2) is 9.84 Å². The first kappa shape index (κ1) is 22.6. The molecule has 166 valence electrons. The summed E-state index contributed by atoms with van der Waals surface area (Å²) in [5, 5.41) is 24.7. The molecule has 1 saturated heterocycles. The number of nitro benzene ring substituents is 1. The lowest BCUT2D eigenvalue weighted by molar-refractivity contribution is -0.385. The number of hydrogen-bond acceptors (Lipinski definition) is 7. The Morgan fingerprint density at radius 1 is 1.23 bits per heavy atom. The molecule has 0 spiro atoms. The van der Waals surface area contributed by atoms with Gasteiger partial charge >= 0.3 is 0 Å². The van der Waals surface area contributed by atoms with Crippen LogP contribution in [0.2, 0.25) is 0 Å². The summed E-state index contributed by atoms with van der Waals surface area (Å²) in [6.07, 6.45) is 7.31. The minimum Gasteiger partial charge on any atom is -0.389 e. The van der Waals surface area contributed by atoms with E-state index in [1.165, 1.54) is 12.5 Å². The molecular formula is C20H29N3O6S. The van der Waals surface area contributed by atoms with Gasteiger partial charge in [-0.15, -0.1) is 0 Å². The number of carbonyl (C=O) groups excluding carboxylic acids is 1. The van der Waals surface area contributed by atoms with Crippen LogP contribution in [0.3, 0.4) is 0 Å². The first-order chi connectivity index (χ1) is 14.1. The highest BCUT2D eigenvalue weighted by Crippen LogP contribution is 2.29. The van der Waals surface area contributed by atoms with Crippen LogP contribution in [0.1, 0.15) is 55.3 Å². The molecule has 3 rings (SSSR count). The fourth-order valence-electron chi connectivity index (χ4n) is 4.32. The largest absolute Gasteiger partial charge is 0.389 e. The van der Waals surface area contributed by atoms with Crippen LogP contribution in [0.25, 0.3) is 0 Å². The minimum atomic E-state index is -3.69. The average molecular weight is 440 g/mol. The van der Waals surface area contributed by atoms with E-state index < -0.39 is 32.0 Å². The summed E-state index contributed by atoms with van der Waals surface area (Å²) in [4.78, 5) is 25.0. The molecule has 2 N–H and O–H groups in total. The Morgan fingerprint density at radius 3 is 2.43 bits per heavy atom. The molecule has 1 heterocycles. The summed E-state index contributed by atoms with van der Waals surface area (Å²) in [6.45, 7) is 2.14. The highest BCUT2D eigenvalue weighted by molar-refractivity contribution is 7.90. The van der Waals surface area contributed by atoms with Crippen LogP contribution in [0.5, 0.6) is 0 Å². The van der Waals surface area contributed by atoms with E-state index in [4.69, 9.17) is 0 Å². The van der Waals surface area contributed by atoms with Crippen LogP contribution in [0.15, 0.2) is 23.1 Å². The number of amides is 1. The van der Waals surface area contributed by atoms with Crippen LogP contribution in [-0.4, -0.2) is 66.8 Å². The maximum absolute atomic E-state index is 12.6. The average Bonchev–Trinajstić information content (AvgIpc) is 2.68. The van der Waals surface area contributed by atoms with Gasteiger partial charge in [-0.1, -0.05) is 19.3 Å². The van der Waals surface area contributed by atoms with Gasteiger partial charge in [0.2, 0.25) is 0 Å². The molecule has 1 amide bonds. The van der Waals surface area contributed by atoms with Crippen LogP contribution in [0, 0.1) is 10.1 Å². The van der Waals surface area contributed by atoms with Gasteiger partial charge in [0.25, 0.3) is 11.6 Å². The maximum atomic E-state index is 12.6. The second-order valence-corrected chi connectivity index (χ2v) is 10.6. The van der Waals surface area contributed by atoms with Crippen molar-refractivity contribution in [3.8, 4) is 0 Å². The van der Waals surface area contributed by atoms with Crippen molar-refractivity contribution in [2.45, 2.75) is 61.5 Å². The van der Waals surface area contributed by atoms with E-state index in [0.29, 0.717) is 19.4 Å². The molecule has 0 bridgehead atoms. The van der Waals surface area contributed by atoms with Crippen LogP contribution >= 0.6 is 0 Å². The van der Waals surface area contributed by atoms with Crippen molar-refractivity contribution in [3.05, 3.63) is 33.9 Å². The number of carbonyl (C=O) groups is 1. The second-order valence-electron chi connectivity index (χ2n) is 8.55. The quantitative estimate of drug-likeness (QED) is 0.511. The zero-order chi connectivity index (χ0) is 21.9. The minimum absolute atomic E-state index is 0.0384. The SMILES string of the molecule is CS(=O)(=O)c1cc(C(=O)NC2CCN(CC3(O)CCCCC3)CC2)cc([N+](=O)[O-])c1. The first-order valence-electron chi connectivity index (χ1n) is 10.3. The van der Waals surface area contributed by atoms with Crippen molar-refractivity contribution in [2.75, 3.05) is 25.9 Å². The van der Waals surface area contributed by atoms with E-state index in [0.717, 1.165) is 57.2 Å². The molecule has 1 aliphatic carbocycles. The Labute approximate surface area is 176 Å². The van der Waals surface area contributed by atoms with E-state index >= 15 is 0 Å². The normalized spacial score (nSPS) is 20.6. The Hall–Kier alpha value is -2.04. The molecule has 0 aromatic heterocycles. The molecule has 2 fully saturated rings. The molecule has 0 radical (unpaired) electrons. The fourth-order valence-corrected chi connectivity index (χ4v) is 5.00. The summed E-state index contributed by atoms with van der Waals surface area (Å²) in [6, 6.07) is 3.12. The zero-order valence-corrected chi connectivity index (χ0v) is 18.0. The molecule has 10 heteroatoms. The summed E-state index contributed by atoms with van der Waals surface area (Å²) in [5.41, 5.74) is -1.08. The summed E-state index contributed by atoms with van der Waals surface area (Å²) >= 11 is 0. The van der Waals surface area contributed by atoms with Crippen LogP contribution < -0.4 is 5.32 Å². The van der Waals surface area contributed by atoms with Gasteiger partial charge in [0.1, 0.15) is 0 Å². The molecule has 30 heavy (non-hydrogen) atoms. The molecule has 1 aliphatic heterocycles. The summed E-state index contributed by atoms with van der Waals surface area (Å²) in [5.74, 6) is -0.520. The Balaban J connectivity index is 1.60. The first-order valence-corrected chi connectivity index (χ1v) is 12.2. The van der Waals surface area contributed by atoms with Crippen molar-refractivity contribution in [1.29, 1.82) is 0 Å². The van der Waals surface area contributed by atoms with Crippen molar-refractivity contribution in [3.63, 3.8) is 0 Å². The van der Waals surface area contributed by atoms with Crippen LogP contribution in [-0.2, 0) is 9.84 Å². The zero-order valence-electron chi connectivity index (χ0n) is 17.2. The Kier molecular flexibility index (Phi) is 6.78. The van der Waals surface area contributed by atoms with Gasteiger partial charge in [-0.05, 0) is 31.7 Å². The molecule has 9 nitrogen and oxygen atoms in total. The van der Waals surface area contributed by atoms with Crippen molar-refractivity contribution in [1.82, 2.24) is 10.2 Å². The molecule has 0 atom stereocenters. The van der Waals surface area contributed by atoms with E-state index in [2.05, 4.69) is 10.2 Å². The van der Waals surface area contributed by atoms with Crippen LogP contribution in [0.4, 0.5) is 5.69 Å². The number of non-ortho nitro benzene ring substituents is 1. The van der Waals surface area contributed by atoms with Crippen molar-refractivity contribution >= 4 is 21.4 Å². The lowest BCUT2D eigenvalue weighted by Gasteiger charge is -2.40. The Morgan fingerprint density at radius 2 is 1.87 bits per heavy atom. The number of sulfone groups is 1. The number of nitrogens with zero attached hydrogens (tertiary/aromatic N) is 2. The van der Waals surface area contributed by atoms with Gasteiger partial charge < -0.3 is 15.3 Å². The number of nitro groups is 1. The van der Waals surface area contributed by atoms with E-state index in [9.17, 15) is 28.4 Å². The van der Waals surface area contributed by atoms with E-state index in [-0.39, 0.29) is 16.5 Å². The van der Waals surface area contributed by atoms with Crippen molar-refractivity contribution in [2.24, 2.45) is 0 Å². The third-order valence-corrected chi connectivity index (χ3v) is 7.11. The molecule has 0 unspecified atom stereocenters. The maximum Gasteiger partial charge on any atom is 0.271 e. The van der Waals surface area contributed by atoms with Crippen molar-refractivity contribution < 1.29 is 23.2 Å². The lowest BCUT2D eigenvalue weighted by Crippen LogP contribution is -2.50. The number of benzene rings is 1. The molecule has 1 aromatic carbocycles. The fraction of sp³-hybridized carbons (Fsp3) is 0.650. The third kappa shape index (κ3) is 5.77. The third-order valence-electron chi connectivity index (χ3n) is 6.02. The van der Waals surface area contributed by atoms with Gasteiger partial charge in [-0.25, -0.2) is 8.42 Å². The summed E-state index contributed by atoms with van der Waals surface area (Å²) < 4.78 is 23.6. The van der Waals surface area contributed by atoms with Gasteiger partial charge in [-0.2, -0.15) is 0 Å². The molecule has 2 aliphatic rings. The van der Waals surface area contributed by atoms with E-state index in [1.54, 1.807) is 0 Å². The topological polar surface area (TPSA) is 130 Å². The standard InChI is InChI=1S/C20H29N3O6S/c1-30(28,29)18-12-15(11-17(13-18)23(26)27)19(24)21-16-5-9-22(10-6-16)14-20(25)7-3-2-4-8-20/h11-13,16,25H,2-10,14H2,1H3,(H,21,24). The number of nitrogens with one attached hydrogen (secondary N) is 1. The number of rotatable bonds is 6. The predicted molar refractivity (Wildman–Crippen MR) is 111 cm³/mol. The summed E-state index contributed by atoms with van der Waals surface area (Å²) in [7, 11) is -3.69. The highest BCUT2D eigenvalue weighted by atomic mass is 32.2. The lowest BCUT2D eigenvalue weighted by atomic mass is 9.84. The van der Waals surface area contributed by atoms with Gasteiger partial charge in [0.05, 0.1) is 15.4 Å².